The Hall–Kier alpha value is -1.43. The highest BCUT2D eigenvalue weighted by Gasteiger charge is 2.22. The lowest BCUT2D eigenvalue weighted by Crippen LogP contribution is -2.39. The molecule has 1 heterocycles. The second-order valence-corrected chi connectivity index (χ2v) is 4.35. The summed E-state index contributed by atoms with van der Waals surface area (Å²) in [6, 6.07) is 7.31. The summed E-state index contributed by atoms with van der Waals surface area (Å²) in [7, 11) is 3.07. The highest BCUT2D eigenvalue weighted by molar-refractivity contribution is 5.89. The van der Waals surface area contributed by atoms with Crippen LogP contribution >= 0.6 is 0 Å². The molecule has 1 fully saturated rings. The molecule has 19 heavy (non-hydrogen) atoms. The molecule has 0 saturated carbocycles. The summed E-state index contributed by atoms with van der Waals surface area (Å²) in [6.45, 7) is 3.13. The molecule has 1 saturated heterocycles. The first-order valence-corrected chi connectivity index (χ1v) is 6.29. The first-order chi connectivity index (χ1) is 9.26. The van der Waals surface area contributed by atoms with Crippen LogP contribution in [0.5, 0.6) is 0 Å². The molecule has 0 amide bonds. The third-order valence-corrected chi connectivity index (χ3v) is 3.22. The molecule has 1 aliphatic heterocycles. The van der Waals surface area contributed by atoms with E-state index in [0.29, 0.717) is 5.56 Å². The summed E-state index contributed by atoms with van der Waals surface area (Å²) in [5, 5.41) is 0. The molecular formula is C14H19NO4. The van der Waals surface area contributed by atoms with Crippen LogP contribution in [-0.2, 0) is 14.2 Å². The summed E-state index contributed by atoms with van der Waals surface area (Å²) in [5.41, 5.74) is 1.57. The lowest BCUT2D eigenvalue weighted by atomic mass is 10.1. The minimum atomic E-state index is -0.327. The Kier molecular flexibility index (Phi) is 4.90. The van der Waals surface area contributed by atoms with E-state index in [2.05, 4.69) is 9.64 Å². The zero-order chi connectivity index (χ0) is 13.7. The number of hydrogen-bond donors (Lipinski definition) is 0. The first kappa shape index (κ1) is 14.0. The molecule has 1 atom stereocenters. The van der Waals surface area contributed by atoms with Gasteiger partial charge >= 0.3 is 5.97 Å². The maximum absolute atomic E-state index is 11.4. The molecule has 2 rings (SSSR count). The Balaban J connectivity index is 2.12. The Morgan fingerprint density at radius 3 is 2.37 bits per heavy atom. The molecule has 1 aliphatic rings. The highest BCUT2D eigenvalue weighted by Crippen LogP contribution is 2.22. The van der Waals surface area contributed by atoms with Gasteiger partial charge in [-0.05, 0) is 17.7 Å². The molecule has 0 bridgehead atoms. The normalized spacial score (nSPS) is 18.0. The van der Waals surface area contributed by atoms with Crippen LogP contribution in [0.4, 0.5) is 0 Å². The van der Waals surface area contributed by atoms with Crippen LogP contribution in [0.1, 0.15) is 22.1 Å². The van der Waals surface area contributed by atoms with E-state index in [1.807, 2.05) is 12.1 Å². The number of carbonyl (C=O) groups is 1. The fourth-order valence-corrected chi connectivity index (χ4v) is 2.21. The molecule has 1 aromatic rings. The molecule has 0 aliphatic carbocycles. The first-order valence-electron chi connectivity index (χ1n) is 6.29. The molecule has 1 aromatic carbocycles. The van der Waals surface area contributed by atoms with Gasteiger partial charge in [0.05, 0.1) is 25.9 Å². The monoisotopic (exact) mass is 265 g/mol. The quantitative estimate of drug-likeness (QED) is 0.771. The van der Waals surface area contributed by atoms with Gasteiger partial charge in [-0.2, -0.15) is 0 Å². The Labute approximate surface area is 113 Å². The zero-order valence-electron chi connectivity index (χ0n) is 11.3. The van der Waals surface area contributed by atoms with Crippen LogP contribution in [-0.4, -0.2) is 51.4 Å². The van der Waals surface area contributed by atoms with Crippen molar-refractivity contribution in [3.05, 3.63) is 35.4 Å². The van der Waals surface area contributed by atoms with Crippen LogP contribution in [0.25, 0.3) is 0 Å². The van der Waals surface area contributed by atoms with Gasteiger partial charge in [0.1, 0.15) is 6.23 Å². The molecule has 0 spiro atoms. The number of nitrogens with zero attached hydrogens (tertiary/aromatic N) is 1. The molecular weight excluding hydrogens is 246 g/mol. The number of benzene rings is 1. The summed E-state index contributed by atoms with van der Waals surface area (Å²) in [5.74, 6) is -0.327. The van der Waals surface area contributed by atoms with Crippen molar-refractivity contribution >= 4 is 5.97 Å². The molecule has 1 unspecified atom stereocenters. The summed E-state index contributed by atoms with van der Waals surface area (Å²) >= 11 is 0. The van der Waals surface area contributed by atoms with Gasteiger partial charge < -0.3 is 14.2 Å². The van der Waals surface area contributed by atoms with E-state index in [9.17, 15) is 4.79 Å². The fourth-order valence-electron chi connectivity index (χ4n) is 2.21. The zero-order valence-corrected chi connectivity index (χ0v) is 11.3. The minimum Gasteiger partial charge on any atom is -0.465 e. The smallest absolute Gasteiger partial charge is 0.337 e. The van der Waals surface area contributed by atoms with Crippen molar-refractivity contribution in [3.63, 3.8) is 0 Å². The van der Waals surface area contributed by atoms with Gasteiger partial charge in [-0.15, -0.1) is 0 Å². The van der Waals surface area contributed by atoms with Gasteiger partial charge in [0.2, 0.25) is 0 Å². The average molecular weight is 265 g/mol. The van der Waals surface area contributed by atoms with E-state index in [1.165, 1.54) is 7.11 Å². The largest absolute Gasteiger partial charge is 0.465 e. The van der Waals surface area contributed by atoms with Crippen molar-refractivity contribution in [2.75, 3.05) is 40.5 Å². The van der Waals surface area contributed by atoms with Gasteiger partial charge in [-0.25, -0.2) is 4.79 Å². The van der Waals surface area contributed by atoms with E-state index < -0.39 is 0 Å². The van der Waals surface area contributed by atoms with Crippen LogP contribution in [0.15, 0.2) is 24.3 Å². The van der Waals surface area contributed by atoms with Gasteiger partial charge in [-0.1, -0.05) is 12.1 Å². The number of morpholine rings is 1. The molecule has 0 N–H and O–H groups in total. The lowest BCUT2D eigenvalue weighted by Gasteiger charge is -2.33. The summed E-state index contributed by atoms with van der Waals surface area (Å²) in [6.07, 6.45) is -0.101. The van der Waals surface area contributed by atoms with Crippen LogP contribution < -0.4 is 0 Å². The SMILES string of the molecule is COC(=O)c1ccc(C(OC)N2CCOCC2)cc1. The van der Waals surface area contributed by atoms with E-state index in [0.717, 1.165) is 31.9 Å². The second-order valence-electron chi connectivity index (χ2n) is 4.35. The molecule has 5 heteroatoms. The average Bonchev–Trinajstić information content (AvgIpc) is 2.49. The number of carbonyl (C=O) groups excluding carboxylic acids is 1. The van der Waals surface area contributed by atoms with Crippen LogP contribution in [0.2, 0.25) is 0 Å². The van der Waals surface area contributed by atoms with Crippen molar-refractivity contribution in [1.29, 1.82) is 0 Å². The number of esters is 1. The van der Waals surface area contributed by atoms with Gasteiger partial charge in [0.25, 0.3) is 0 Å². The topological polar surface area (TPSA) is 48.0 Å². The molecule has 0 radical (unpaired) electrons. The summed E-state index contributed by atoms with van der Waals surface area (Å²) < 4.78 is 15.6. The van der Waals surface area contributed by atoms with E-state index in [-0.39, 0.29) is 12.2 Å². The van der Waals surface area contributed by atoms with Crippen molar-refractivity contribution in [3.8, 4) is 0 Å². The maximum Gasteiger partial charge on any atom is 0.337 e. The number of ether oxygens (including phenoxy) is 3. The molecule has 5 nitrogen and oxygen atoms in total. The van der Waals surface area contributed by atoms with Crippen molar-refractivity contribution in [2.45, 2.75) is 6.23 Å². The lowest BCUT2D eigenvalue weighted by molar-refractivity contribution is -0.0811. The summed E-state index contributed by atoms with van der Waals surface area (Å²) in [4.78, 5) is 13.6. The van der Waals surface area contributed by atoms with Crippen molar-refractivity contribution in [1.82, 2.24) is 4.90 Å². The van der Waals surface area contributed by atoms with Crippen LogP contribution in [0, 0.1) is 0 Å². The third-order valence-electron chi connectivity index (χ3n) is 3.22. The van der Waals surface area contributed by atoms with Gasteiger partial charge in [-0.3, -0.25) is 4.90 Å². The van der Waals surface area contributed by atoms with Crippen molar-refractivity contribution in [2.24, 2.45) is 0 Å². The fraction of sp³-hybridized carbons (Fsp3) is 0.500. The predicted molar refractivity (Wildman–Crippen MR) is 69.9 cm³/mol. The molecule has 0 aromatic heterocycles. The number of rotatable bonds is 4. The maximum atomic E-state index is 11.4. The van der Waals surface area contributed by atoms with E-state index >= 15 is 0 Å². The van der Waals surface area contributed by atoms with Crippen molar-refractivity contribution < 1.29 is 19.0 Å². The van der Waals surface area contributed by atoms with E-state index in [1.54, 1.807) is 19.2 Å². The van der Waals surface area contributed by atoms with Crippen LogP contribution in [0.3, 0.4) is 0 Å². The van der Waals surface area contributed by atoms with E-state index in [4.69, 9.17) is 9.47 Å². The highest BCUT2D eigenvalue weighted by atomic mass is 16.5. The van der Waals surface area contributed by atoms with Gasteiger partial charge in [0, 0.05) is 20.2 Å². The minimum absolute atomic E-state index is 0.101. The number of hydrogen-bond acceptors (Lipinski definition) is 5. The standard InChI is InChI=1S/C14H19NO4/c1-17-13(15-7-9-19-10-8-15)11-3-5-12(6-4-11)14(16)18-2/h3-6,13H,7-10H2,1-2H3. The Morgan fingerprint density at radius 1 is 1.21 bits per heavy atom. The second kappa shape index (κ2) is 6.65. The molecule has 104 valence electrons. The third kappa shape index (κ3) is 3.32. The van der Waals surface area contributed by atoms with Gasteiger partial charge in [0.15, 0.2) is 0 Å². The Bertz CT molecular complexity index is 412. The predicted octanol–water partition coefficient (Wildman–Crippen LogP) is 1.45. The number of methoxy groups -OCH3 is 2. The Morgan fingerprint density at radius 2 is 1.84 bits per heavy atom.